The second-order valence-electron chi connectivity index (χ2n) is 5.96. The number of rotatable bonds is 2. The monoisotopic (exact) mass is 310 g/mol. The van der Waals surface area contributed by atoms with Crippen LogP contribution in [-0.4, -0.2) is 24.6 Å². The Morgan fingerprint density at radius 1 is 1.38 bits per heavy atom. The highest BCUT2D eigenvalue weighted by Crippen LogP contribution is 2.35. The molecule has 0 bridgehead atoms. The molecule has 1 aromatic rings. The maximum atomic E-state index is 12.6. The summed E-state index contributed by atoms with van der Waals surface area (Å²) in [6.45, 7) is 2.62. The summed E-state index contributed by atoms with van der Waals surface area (Å²) in [5, 5.41) is 0. The van der Waals surface area contributed by atoms with Crippen LogP contribution in [0.3, 0.4) is 0 Å². The van der Waals surface area contributed by atoms with Crippen LogP contribution in [0.15, 0.2) is 24.3 Å². The van der Waals surface area contributed by atoms with Gasteiger partial charge in [-0.1, -0.05) is 18.6 Å². The van der Waals surface area contributed by atoms with E-state index in [0.717, 1.165) is 30.7 Å². The number of benzene rings is 1. The van der Waals surface area contributed by atoms with Gasteiger partial charge in [0.2, 0.25) is 5.91 Å². The first kappa shape index (κ1) is 16.1. The highest BCUT2D eigenvalue weighted by atomic mass is 35.5. The molecular formula is C16H23ClN2O2. The number of fused-ring (bicyclic) bond motifs is 1. The van der Waals surface area contributed by atoms with E-state index in [4.69, 9.17) is 10.5 Å². The van der Waals surface area contributed by atoms with Crippen LogP contribution in [0.25, 0.3) is 0 Å². The Hall–Kier alpha value is -1.26. The van der Waals surface area contributed by atoms with E-state index in [9.17, 15) is 4.79 Å². The molecule has 1 amide bonds. The molecule has 1 aromatic carbocycles. The molecule has 3 rings (SSSR count). The van der Waals surface area contributed by atoms with E-state index in [1.165, 1.54) is 0 Å². The summed E-state index contributed by atoms with van der Waals surface area (Å²) in [5.41, 5.74) is 6.97. The van der Waals surface area contributed by atoms with Crippen LogP contribution in [0.4, 0.5) is 5.69 Å². The van der Waals surface area contributed by atoms with Crippen LogP contribution < -0.4 is 15.4 Å². The number of anilines is 1. The predicted octanol–water partition coefficient (Wildman–Crippen LogP) is 2.74. The molecule has 1 saturated carbocycles. The van der Waals surface area contributed by atoms with Gasteiger partial charge in [0, 0.05) is 12.5 Å². The molecule has 0 radical (unpaired) electrons. The highest BCUT2D eigenvalue weighted by Gasteiger charge is 2.31. The minimum atomic E-state index is 0. The van der Waals surface area contributed by atoms with E-state index in [0.29, 0.717) is 18.9 Å². The van der Waals surface area contributed by atoms with E-state index in [1.54, 1.807) is 0 Å². The highest BCUT2D eigenvalue weighted by molar-refractivity contribution is 5.95. The molecule has 5 heteroatoms. The number of hydrogen-bond acceptors (Lipinski definition) is 3. The SMILES string of the molecule is CC1CN(C(=O)C[C@@H]2CCC[C@H]2N)c2ccccc2O1.Cl. The fourth-order valence-electron chi connectivity index (χ4n) is 3.28. The average Bonchev–Trinajstić information content (AvgIpc) is 2.83. The van der Waals surface area contributed by atoms with Crippen LogP contribution >= 0.6 is 12.4 Å². The summed E-state index contributed by atoms with van der Waals surface area (Å²) in [5.74, 6) is 1.32. The molecule has 1 unspecified atom stereocenters. The zero-order chi connectivity index (χ0) is 14.1. The third-order valence-electron chi connectivity index (χ3n) is 4.38. The second-order valence-corrected chi connectivity index (χ2v) is 5.96. The molecule has 1 aliphatic carbocycles. The smallest absolute Gasteiger partial charge is 0.227 e. The van der Waals surface area contributed by atoms with Gasteiger partial charge in [0.25, 0.3) is 0 Å². The maximum absolute atomic E-state index is 12.6. The molecular weight excluding hydrogens is 288 g/mol. The van der Waals surface area contributed by atoms with Crippen molar-refractivity contribution in [1.82, 2.24) is 0 Å². The van der Waals surface area contributed by atoms with Crippen molar-refractivity contribution in [3.8, 4) is 5.75 Å². The van der Waals surface area contributed by atoms with Crippen molar-refractivity contribution < 1.29 is 9.53 Å². The number of ether oxygens (including phenoxy) is 1. The first-order valence-corrected chi connectivity index (χ1v) is 7.47. The Kier molecular flexibility index (Phi) is 5.12. The molecule has 21 heavy (non-hydrogen) atoms. The van der Waals surface area contributed by atoms with Crippen molar-refractivity contribution in [1.29, 1.82) is 0 Å². The molecule has 1 heterocycles. The van der Waals surface area contributed by atoms with Gasteiger partial charge in [-0.3, -0.25) is 4.79 Å². The zero-order valence-electron chi connectivity index (χ0n) is 12.3. The Labute approximate surface area is 132 Å². The van der Waals surface area contributed by atoms with Gasteiger partial charge in [-0.25, -0.2) is 0 Å². The molecule has 0 aromatic heterocycles. The van der Waals surface area contributed by atoms with E-state index in [2.05, 4.69) is 0 Å². The van der Waals surface area contributed by atoms with E-state index in [-0.39, 0.29) is 30.5 Å². The van der Waals surface area contributed by atoms with Crippen molar-refractivity contribution in [2.45, 2.75) is 44.8 Å². The lowest BCUT2D eigenvalue weighted by Crippen LogP contribution is -2.43. The van der Waals surface area contributed by atoms with Gasteiger partial charge in [0.15, 0.2) is 0 Å². The molecule has 0 saturated heterocycles. The van der Waals surface area contributed by atoms with Crippen LogP contribution in [0.1, 0.15) is 32.6 Å². The van der Waals surface area contributed by atoms with E-state index >= 15 is 0 Å². The van der Waals surface area contributed by atoms with Gasteiger partial charge < -0.3 is 15.4 Å². The van der Waals surface area contributed by atoms with Crippen LogP contribution in [-0.2, 0) is 4.79 Å². The number of carbonyl (C=O) groups is 1. The Morgan fingerprint density at radius 3 is 2.86 bits per heavy atom. The molecule has 1 aliphatic heterocycles. The lowest BCUT2D eigenvalue weighted by molar-refractivity contribution is -0.120. The largest absolute Gasteiger partial charge is 0.487 e. The average molecular weight is 311 g/mol. The van der Waals surface area contributed by atoms with Gasteiger partial charge >= 0.3 is 0 Å². The van der Waals surface area contributed by atoms with Crippen LogP contribution in [0.2, 0.25) is 0 Å². The first-order chi connectivity index (χ1) is 9.65. The number of amides is 1. The quantitative estimate of drug-likeness (QED) is 0.914. The summed E-state index contributed by atoms with van der Waals surface area (Å²) >= 11 is 0. The number of para-hydroxylation sites is 2. The Morgan fingerprint density at radius 2 is 2.14 bits per heavy atom. The van der Waals surface area contributed by atoms with Crippen LogP contribution in [0, 0.1) is 5.92 Å². The second kappa shape index (κ2) is 6.67. The normalized spacial score (nSPS) is 27.5. The summed E-state index contributed by atoms with van der Waals surface area (Å²) in [7, 11) is 0. The molecule has 2 aliphatic rings. The number of nitrogens with two attached hydrogens (primary N) is 1. The zero-order valence-corrected chi connectivity index (χ0v) is 13.1. The van der Waals surface area contributed by atoms with Crippen molar-refractivity contribution >= 4 is 24.0 Å². The Balaban J connectivity index is 0.00000161. The standard InChI is InChI=1S/C16H22N2O2.ClH/c1-11-10-18(14-7-2-3-8-15(14)20-11)16(19)9-12-5-4-6-13(12)17;/h2-3,7-8,11-13H,4-6,9-10,17H2,1H3;1H/t11?,12-,13+;/m0./s1. The predicted molar refractivity (Wildman–Crippen MR) is 86.1 cm³/mol. The number of hydrogen-bond donors (Lipinski definition) is 1. The fraction of sp³-hybridized carbons (Fsp3) is 0.562. The first-order valence-electron chi connectivity index (χ1n) is 7.47. The number of nitrogens with zero attached hydrogens (tertiary/aromatic N) is 1. The van der Waals surface area contributed by atoms with Gasteiger partial charge in [-0.15, -0.1) is 12.4 Å². The van der Waals surface area contributed by atoms with Crippen molar-refractivity contribution in [3.63, 3.8) is 0 Å². The third-order valence-corrected chi connectivity index (χ3v) is 4.38. The summed E-state index contributed by atoms with van der Waals surface area (Å²) in [4.78, 5) is 14.5. The fourth-order valence-corrected chi connectivity index (χ4v) is 3.28. The molecule has 3 atom stereocenters. The van der Waals surface area contributed by atoms with Gasteiger partial charge in [0.05, 0.1) is 12.2 Å². The van der Waals surface area contributed by atoms with Gasteiger partial charge in [0.1, 0.15) is 11.9 Å². The summed E-state index contributed by atoms with van der Waals surface area (Å²) in [6, 6.07) is 7.94. The van der Waals surface area contributed by atoms with Crippen molar-refractivity contribution in [3.05, 3.63) is 24.3 Å². The number of carbonyl (C=O) groups excluding carboxylic acids is 1. The molecule has 0 spiro atoms. The Bertz CT molecular complexity index is 509. The topological polar surface area (TPSA) is 55.6 Å². The van der Waals surface area contributed by atoms with Gasteiger partial charge in [-0.05, 0) is 37.8 Å². The summed E-state index contributed by atoms with van der Waals surface area (Å²) < 4.78 is 5.78. The number of halogens is 1. The van der Waals surface area contributed by atoms with E-state index in [1.807, 2.05) is 36.1 Å². The van der Waals surface area contributed by atoms with Crippen LogP contribution in [0.5, 0.6) is 5.75 Å². The molecule has 116 valence electrons. The lowest BCUT2D eigenvalue weighted by Gasteiger charge is -2.34. The minimum absolute atomic E-state index is 0. The molecule has 2 N–H and O–H groups in total. The van der Waals surface area contributed by atoms with Gasteiger partial charge in [-0.2, -0.15) is 0 Å². The maximum Gasteiger partial charge on any atom is 0.227 e. The van der Waals surface area contributed by atoms with Crippen molar-refractivity contribution in [2.24, 2.45) is 11.7 Å². The lowest BCUT2D eigenvalue weighted by atomic mass is 9.99. The molecule has 4 nitrogen and oxygen atoms in total. The van der Waals surface area contributed by atoms with Crippen molar-refractivity contribution in [2.75, 3.05) is 11.4 Å². The third kappa shape index (κ3) is 3.33. The summed E-state index contributed by atoms with van der Waals surface area (Å²) in [6.07, 6.45) is 3.87. The molecule has 1 fully saturated rings. The van der Waals surface area contributed by atoms with E-state index < -0.39 is 0 Å². The minimum Gasteiger partial charge on any atom is -0.487 e.